The van der Waals surface area contributed by atoms with E-state index in [1.807, 2.05) is 30.3 Å². The minimum Gasteiger partial charge on any atom is -0.465 e. The summed E-state index contributed by atoms with van der Waals surface area (Å²) in [5.41, 5.74) is 3.54. The van der Waals surface area contributed by atoms with Crippen LogP contribution in [0.4, 0.5) is 5.69 Å². The second kappa shape index (κ2) is 8.09. The second-order valence-corrected chi connectivity index (χ2v) is 7.28. The number of aromatic nitrogens is 2. The van der Waals surface area contributed by atoms with Crippen molar-refractivity contribution in [2.45, 2.75) is 19.4 Å². The highest BCUT2D eigenvalue weighted by molar-refractivity contribution is 6.31. The third-order valence-electron chi connectivity index (χ3n) is 5.07. The molecule has 7 heteroatoms. The smallest absolute Gasteiger partial charge is 0.338 e. The topological polar surface area (TPSA) is 64.4 Å². The van der Waals surface area contributed by atoms with Gasteiger partial charge < -0.3 is 9.64 Å². The van der Waals surface area contributed by atoms with E-state index in [1.165, 1.54) is 7.11 Å². The lowest BCUT2D eigenvalue weighted by Gasteiger charge is -2.30. The van der Waals surface area contributed by atoms with Gasteiger partial charge in [-0.15, -0.1) is 0 Å². The number of benzene rings is 2. The summed E-state index contributed by atoms with van der Waals surface area (Å²) >= 11 is 6.22. The van der Waals surface area contributed by atoms with Gasteiger partial charge in [0.2, 0.25) is 0 Å². The molecular formula is C22H20ClN3O3. The lowest BCUT2D eigenvalue weighted by molar-refractivity contribution is 0.0599. The highest BCUT2D eigenvalue weighted by Crippen LogP contribution is 2.31. The molecule has 1 aliphatic heterocycles. The summed E-state index contributed by atoms with van der Waals surface area (Å²) < 4.78 is 6.58. The summed E-state index contributed by atoms with van der Waals surface area (Å²) in [5, 5.41) is 4.98. The number of carbonyl (C=O) groups excluding carboxylic acids is 2. The van der Waals surface area contributed by atoms with Crippen LogP contribution in [0.1, 0.15) is 38.3 Å². The van der Waals surface area contributed by atoms with Crippen molar-refractivity contribution in [3.05, 3.63) is 82.1 Å². The Labute approximate surface area is 173 Å². The van der Waals surface area contributed by atoms with Crippen molar-refractivity contribution in [1.82, 2.24) is 9.78 Å². The predicted molar refractivity (Wildman–Crippen MR) is 111 cm³/mol. The molecule has 29 heavy (non-hydrogen) atoms. The van der Waals surface area contributed by atoms with Crippen molar-refractivity contribution in [3.8, 4) is 0 Å². The summed E-state index contributed by atoms with van der Waals surface area (Å²) in [4.78, 5) is 27.0. The molecule has 2 aromatic carbocycles. The van der Waals surface area contributed by atoms with Crippen molar-refractivity contribution >= 4 is 29.2 Å². The lowest BCUT2D eigenvalue weighted by Crippen LogP contribution is -2.36. The van der Waals surface area contributed by atoms with Gasteiger partial charge in [0.05, 0.1) is 31.0 Å². The molecule has 0 N–H and O–H groups in total. The maximum Gasteiger partial charge on any atom is 0.338 e. The van der Waals surface area contributed by atoms with Crippen LogP contribution < -0.4 is 4.90 Å². The molecule has 148 valence electrons. The van der Waals surface area contributed by atoms with Crippen LogP contribution in [-0.4, -0.2) is 35.3 Å². The molecule has 2 heterocycles. The maximum absolute atomic E-state index is 13.2. The summed E-state index contributed by atoms with van der Waals surface area (Å²) in [6, 6.07) is 12.9. The van der Waals surface area contributed by atoms with E-state index in [0.29, 0.717) is 29.2 Å². The molecule has 0 bridgehead atoms. The summed E-state index contributed by atoms with van der Waals surface area (Å²) in [6.07, 6.45) is 4.80. The Kier molecular flexibility index (Phi) is 5.36. The van der Waals surface area contributed by atoms with E-state index in [2.05, 4.69) is 5.10 Å². The minimum absolute atomic E-state index is 0.140. The van der Waals surface area contributed by atoms with Gasteiger partial charge in [0.15, 0.2) is 0 Å². The summed E-state index contributed by atoms with van der Waals surface area (Å²) in [5.74, 6) is -0.526. The molecule has 0 fully saturated rings. The number of fused-ring (bicyclic) bond motifs is 1. The van der Waals surface area contributed by atoms with Crippen LogP contribution in [0.5, 0.6) is 0 Å². The molecule has 1 amide bonds. The Morgan fingerprint density at radius 3 is 2.79 bits per heavy atom. The molecule has 1 aliphatic rings. The third-order valence-corrected chi connectivity index (χ3v) is 5.44. The van der Waals surface area contributed by atoms with E-state index in [9.17, 15) is 9.59 Å². The molecule has 6 nitrogen and oxygen atoms in total. The maximum atomic E-state index is 13.2. The zero-order valence-corrected chi connectivity index (χ0v) is 16.7. The predicted octanol–water partition coefficient (Wildman–Crippen LogP) is 3.96. The monoisotopic (exact) mass is 409 g/mol. The highest BCUT2D eigenvalue weighted by Gasteiger charge is 2.27. The summed E-state index contributed by atoms with van der Waals surface area (Å²) in [6.45, 7) is 1.07. The molecule has 0 aliphatic carbocycles. The Bertz CT molecular complexity index is 1080. The van der Waals surface area contributed by atoms with Gasteiger partial charge >= 0.3 is 5.97 Å². The van der Waals surface area contributed by atoms with E-state index < -0.39 is 0 Å². The van der Waals surface area contributed by atoms with Crippen molar-refractivity contribution in [3.63, 3.8) is 0 Å². The van der Waals surface area contributed by atoms with Crippen molar-refractivity contribution in [2.24, 2.45) is 0 Å². The molecule has 0 radical (unpaired) electrons. The number of hydrogen-bond donors (Lipinski definition) is 0. The van der Waals surface area contributed by atoms with Crippen molar-refractivity contribution < 1.29 is 14.3 Å². The minimum atomic E-state index is -0.385. The van der Waals surface area contributed by atoms with Gasteiger partial charge in [-0.2, -0.15) is 5.10 Å². The first kappa shape index (κ1) is 19.2. The number of amides is 1. The molecule has 0 atom stereocenters. The lowest BCUT2D eigenvalue weighted by atomic mass is 9.96. The average Bonchev–Trinajstić information content (AvgIpc) is 3.22. The number of carbonyl (C=O) groups is 2. The molecule has 4 rings (SSSR count). The number of esters is 1. The van der Waals surface area contributed by atoms with Gasteiger partial charge in [0.25, 0.3) is 5.91 Å². The van der Waals surface area contributed by atoms with E-state index in [1.54, 1.807) is 34.1 Å². The zero-order valence-electron chi connectivity index (χ0n) is 16.0. The first-order valence-corrected chi connectivity index (χ1v) is 9.74. The number of rotatable bonds is 4. The Balaban J connectivity index is 1.60. The van der Waals surface area contributed by atoms with Gasteiger partial charge in [-0.05, 0) is 42.2 Å². The highest BCUT2D eigenvalue weighted by atomic mass is 35.5. The first-order valence-electron chi connectivity index (χ1n) is 9.36. The van der Waals surface area contributed by atoms with Gasteiger partial charge in [-0.3, -0.25) is 9.48 Å². The number of nitrogens with zero attached hydrogens (tertiary/aromatic N) is 3. The fourth-order valence-electron chi connectivity index (χ4n) is 3.65. The normalized spacial score (nSPS) is 13.1. The second-order valence-electron chi connectivity index (χ2n) is 6.87. The average molecular weight is 410 g/mol. The van der Waals surface area contributed by atoms with Crippen LogP contribution in [0, 0.1) is 0 Å². The standard InChI is InChI=1S/C22H20ClN3O3/c1-29-22(28)18-7-4-10-20-17(18)8-5-11-26(20)21(27)16-12-24-25(14-16)13-15-6-2-3-9-19(15)23/h2-4,6-7,9-10,12,14H,5,8,11,13H2,1H3. The summed E-state index contributed by atoms with van der Waals surface area (Å²) in [7, 11) is 1.36. The van der Waals surface area contributed by atoms with Crippen LogP contribution >= 0.6 is 11.6 Å². The number of methoxy groups -OCH3 is 1. The fraction of sp³-hybridized carbons (Fsp3) is 0.227. The van der Waals surface area contributed by atoms with E-state index in [0.717, 1.165) is 29.7 Å². The molecule has 3 aromatic rings. The molecule has 0 saturated heterocycles. The van der Waals surface area contributed by atoms with Crippen LogP contribution in [0.2, 0.25) is 5.02 Å². The van der Waals surface area contributed by atoms with Gasteiger partial charge in [0.1, 0.15) is 0 Å². The quantitative estimate of drug-likeness (QED) is 0.612. The fourth-order valence-corrected chi connectivity index (χ4v) is 3.85. The van der Waals surface area contributed by atoms with Crippen LogP contribution in [-0.2, 0) is 17.7 Å². The number of hydrogen-bond acceptors (Lipinski definition) is 4. The first-order chi connectivity index (χ1) is 14.1. The van der Waals surface area contributed by atoms with Crippen LogP contribution in [0.3, 0.4) is 0 Å². The van der Waals surface area contributed by atoms with Crippen molar-refractivity contribution in [2.75, 3.05) is 18.6 Å². The SMILES string of the molecule is COC(=O)c1cccc2c1CCCN2C(=O)c1cnn(Cc2ccccc2Cl)c1. The Morgan fingerprint density at radius 2 is 2.00 bits per heavy atom. The molecule has 1 aromatic heterocycles. The van der Waals surface area contributed by atoms with Crippen molar-refractivity contribution in [1.29, 1.82) is 0 Å². The number of halogens is 1. The van der Waals surface area contributed by atoms with Gasteiger partial charge in [-0.25, -0.2) is 4.79 Å². The molecule has 0 unspecified atom stereocenters. The largest absolute Gasteiger partial charge is 0.465 e. The Hall–Kier alpha value is -3.12. The van der Waals surface area contributed by atoms with Gasteiger partial charge in [0, 0.05) is 23.5 Å². The zero-order chi connectivity index (χ0) is 20.4. The Morgan fingerprint density at radius 1 is 1.17 bits per heavy atom. The number of ether oxygens (including phenoxy) is 1. The van der Waals surface area contributed by atoms with Crippen LogP contribution in [0.25, 0.3) is 0 Å². The third kappa shape index (κ3) is 3.76. The van der Waals surface area contributed by atoms with E-state index >= 15 is 0 Å². The molecule has 0 saturated carbocycles. The molecule has 0 spiro atoms. The van der Waals surface area contributed by atoms with E-state index in [-0.39, 0.29) is 11.9 Å². The number of anilines is 1. The van der Waals surface area contributed by atoms with E-state index in [4.69, 9.17) is 16.3 Å². The van der Waals surface area contributed by atoms with Crippen LogP contribution in [0.15, 0.2) is 54.9 Å². The molecular weight excluding hydrogens is 390 g/mol. The van der Waals surface area contributed by atoms with Gasteiger partial charge in [-0.1, -0.05) is 35.9 Å².